The van der Waals surface area contributed by atoms with E-state index in [2.05, 4.69) is 53.1 Å². The SMILES string of the molecule is CCNC(=NCc1nnc2n1CCCCC2)N1CCN(c2nc(CC)ns2)CC1.I. The van der Waals surface area contributed by atoms with Crippen molar-refractivity contribution in [1.29, 1.82) is 0 Å². The first-order chi connectivity index (χ1) is 14.3. The zero-order chi connectivity index (χ0) is 20.1. The summed E-state index contributed by atoms with van der Waals surface area (Å²) in [5.41, 5.74) is 0. The summed E-state index contributed by atoms with van der Waals surface area (Å²) in [4.78, 5) is 14.2. The molecular weight excluding hydrogens is 513 g/mol. The van der Waals surface area contributed by atoms with Gasteiger partial charge in [0.25, 0.3) is 0 Å². The molecule has 11 heteroatoms. The van der Waals surface area contributed by atoms with Gasteiger partial charge in [0.05, 0.1) is 0 Å². The van der Waals surface area contributed by atoms with Crippen LogP contribution >= 0.6 is 35.5 Å². The summed E-state index contributed by atoms with van der Waals surface area (Å²) in [6.45, 7) is 10.4. The van der Waals surface area contributed by atoms with Crippen LogP contribution in [-0.2, 0) is 25.9 Å². The minimum Gasteiger partial charge on any atom is -0.357 e. The molecule has 0 bridgehead atoms. The maximum absolute atomic E-state index is 4.90. The molecule has 2 aromatic rings. The molecule has 1 fully saturated rings. The number of nitrogens with zero attached hydrogens (tertiary/aromatic N) is 8. The number of aliphatic imine (C=N–C) groups is 1. The molecule has 0 unspecified atom stereocenters. The van der Waals surface area contributed by atoms with Gasteiger partial charge in [0.15, 0.2) is 11.8 Å². The van der Waals surface area contributed by atoms with Gasteiger partial charge < -0.3 is 19.7 Å². The van der Waals surface area contributed by atoms with Crippen LogP contribution in [0.3, 0.4) is 0 Å². The molecule has 2 aliphatic heterocycles. The lowest BCUT2D eigenvalue weighted by molar-refractivity contribution is 0.372. The summed E-state index contributed by atoms with van der Waals surface area (Å²) in [6, 6.07) is 0. The lowest BCUT2D eigenvalue weighted by Gasteiger charge is -2.36. The van der Waals surface area contributed by atoms with Crippen molar-refractivity contribution in [2.75, 3.05) is 37.6 Å². The fraction of sp³-hybridized carbons (Fsp3) is 0.737. The van der Waals surface area contributed by atoms with Gasteiger partial charge in [0.1, 0.15) is 18.2 Å². The Morgan fingerprint density at radius 2 is 1.90 bits per heavy atom. The number of piperazine rings is 1. The lowest BCUT2D eigenvalue weighted by atomic mass is 10.2. The Labute approximate surface area is 199 Å². The van der Waals surface area contributed by atoms with Gasteiger partial charge in [-0.25, -0.2) is 9.98 Å². The summed E-state index contributed by atoms with van der Waals surface area (Å²) in [7, 11) is 0. The smallest absolute Gasteiger partial charge is 0.205 e. The maximum Gasteiger partial charge on any atom is 0.205 e. The second-order valence-corrected chi connectivity index (χ2v) is 8.22. The normalized spacial score (nSPS) is 17.3. The van der Waals surface area contributed by atoms with Crippen LogP contribution in [0.5, 0.6) is 0 Å². The van der Waals surface area contributed by atoms with Crippen molar-refractivity contribution in [2.24, 2.45) is 4.99 Å². The van der Waals surface area contributed by atoms with Crippen LogP contribution in [0.2, 0.25) is 0 Å². The number of aryl methyl sites for hydroxylation is 2. The lowest BCUT2D eigenvalue weighted by Crippen LogP contribution is -2.52. The van der Waals surface area contributed by atoms with Crippen molar-refractivity contribution in [2.45, 2.75) is 59.0 Å². The highest BCUT2D eigenvalue weighted by atomic mass is 127. The molecule has 1 N–H and O–H groups in total. The van der Waals surface area contributed by atoms with Gasteiger partial charge in [0, 0.05) is 63.6 Å². The molecule has 9 nitrogen and oxygen atoms in total. The van der Waals surface area contributed by atoms with Gasteiger partial charge in [-0.05, 0) is 19.8 Å². The molecule has 4 heterocycles. The van der Waals surface area contributed by atoms with Crippen LogP contribution in [0.25, 0.3) is 0 Å². The first kappa shape index (κ1) is 23.2. The molecule has 1 saturated heterocycles. The van der Waals surface area contributed by atoms with E-state index < -0.39 is 0 Å². The molecule has 0 aromatic carbocycles. The highest BCUT2D eigenvalue weighted by Crippen LogP contribution is 2.19. The Bertz CT molecular complexity index is 826. The summed E-state index contributed by atoms with van der Waals surface area (Å²) >= 11 is 1.51. The third-order valence-corrected chi connectivity index (χ3v) is 6.33. The van der Waals surface area contributed by atoms with Crippen molar-refractivity contribution in [3.8, 4) is 0 Å². The van der Waals surface area contributed by atoms with E-state index in [1.54, 1.807) is 0 Å². The van der Waals surface area contributed by atoms with Crippen molar-refractivity contribution in [1.82, 2.24) is 34.3 Å². The number of halogens is 1. The number of fused-ring (bicyclic) bond motifs is 1. The molecule has 0 atom stereocenters. The molecule has 0 saturated carbocycles. The molecule has 4 rings (SSSR count). The second kappa shape index (κ2) is 11.2. The molecule has 0 aliphatic carbocycles. The predicted molar refractivity (Wildman–Crippen MR) is 131 cm³/mol. The molecule has 0 radical (unpaired) electrons. The van der Waals surface area contributed by atoms with Crippen LogP contribution in [0.1, 0.15) is 50.6 Å². The van der Waals surface area contributed by atoms with Gasteiger partial charge in [0.2, 0.25) is 5.13 Å². The Morgan fingerprint density at radius 3 is 2.63 bits per heavy atom. The number of aromatic nitrogens is 5. The standard InChI is InChI=1S/C19H31N9S.HI/c1-3-15-22-19(29-25-15)27-12-10-26(11-13-27)18(20-4-2)21-14-17-24-23-16-8-6-5-7-9-28(16)17;/h3-14H2,1-2H3,(H,20,21);1H. The summed E-state index contributed by atoms with van der Waals surface area (Å²) in [5, 5.41) is 13.3. The molecule has 166 valence electrons. The van der Waals surface area contributed by atoms with Gasteiger partial charge in [-0.3, -0.25) is 0 Å². The summed E-state index contributed by atoms with van der Waals surface area (Å²) in [5.74, 6) is 4.01. The van der Waals surface area contributed by atoms with Crippen molar-refractivity contribution >= 4 is 46.6 Å². The molecule has 0 amide bonds. The minimum atomic E-state index is 0. The third kappa shape index (κ3) is 5.40. The summed E-state index contributed by atoms with van der Waals surface area (Å²) in [6.07, 6.45) is 5.61. The van der Waals surface area contributed by atoms with Gasteiger partial charge in [-0.2, -0.15) is 4.37 Å². The van der Waals surface area contributed by atoms with Gasteiger partial charge in [-0.1, -0.05) is 13.3 Å². The van der Waals surface area contributed by atoms with Crippen LogP contribution < -0.4 is 10.2 Å². The third-order valence-electron chi connectivity index (χ3n) is 5.51. The van der Waals surface area contributed by atoms with E-state index in [1.807, 2.05) is 0 Å². The summed E-state index contributed by atoms with van der Waals surface area (Å²) < 4.78 is 6.69. The number of hydrogen-bond donors (Lipinski definition) is 1. The highest BCUT2D eigenvalue weighted by Gasteiger charge is 2.22. The Balaban J connectivity index is 0.00000256. The Kier molecular flexibility index (Phi) is 8.66. The molecule has 2 aromatic heterocycles. The second-order valence-electron chi connectivity index (χ2n) is 7.49. The van der Waals surface area contributed by atoms with Crippen molar-refractivity contribution < 1.29 is 0 Å². The van der Waals surface area contributed by atoms with E-state index in [0.29, 0.717) is 6.54 Å². The fourth-order valence-corrected chi connectivity index (χ4v) is 4.66. The zero-order valence-electron chi connectivity index (χ0n) is 17.9. The van der Waals surface area contributed by atoms with Crippen LogP contribution in [-0.4, -0.2) is 67.7 Å². The number of anilines is 1. The van der Waals surface area contributed by atoms with Crippen LogP contribution in [0.4, 0.5) is 5.13 Å². The van der Waals surface area contributed by atoms with E-state index in [0.717, 1.165) is 80.7 Å². The van der Waals surface area contributed by atoms with E-state index in [9.17, 15) is 0 Å². The molecule has 0 spiro atoms. The average molecular weight is 545 g/mol. The monoisotopic (exact) mass is 545 g/mol. The van der Waals surface area contributed by atoms with Gasteiger partial charge >= 0.3 is 0 Å². The van der Waals surface area contributed by atoms with E-state index in [-0.39, 0.29) is 24.0 Å². The minimum absolute atomic E-state index is 0. The van der Waals surface area contributed by atoms with Crippen LogP contribution in [0, 0.1) is 0 Å². The topological polar surface area (TPSA) is 87.4 Å². The Morgan fingerprint density at radius 1 is 1.07 bits per heavy atom. The fourth-order valence-electron chi connectivity index (χ4n) is 3.86. The quantitative estimate of drug-likeness (QED) is 0.351. The maximum atomic E-state index is 4.90. The number of nitrogens with one attached hydrogen (secondary N) is 1. The zero-order valence-corrected chi connectivity index (χ0v) is 21.0. The first-order valence-corrected chi connectivity index (χ1v) is 11.6. The predicted octanol–water partition coefficient (Wildman–Crippen LogP) is 2.32. The molecule has 30 heavy (non-hydrogen) atoms. The molecule has 2 aliphatic rings. The highest BCUT2D eigenvalue weighted by molar-refractivity contribution is 14.0. The number of hydrogen-bond acceptors (Lipinski definition) is 7. The van der Waals surface area contributed by atoms with E-state index in [4.69, 9.17) is 4.99 Å². The average Bonchev–Trinajstić information content (AvgIpc) is 3.32. The van der Waals surface area contributed by atoms with Crippen molar-refractivity contribution in [3.63, 3.8) is 0 Å². The van der Waals surface area contributed by atoms with Crippen molar-refractivity contribution in [3.05, 3.63) is 17.5 Å². The van der Waals surface area contributed by atoms with Crippen LogP contribution in [0.15, 0.2) is 4.99 Å². The number of rotatable bonds is 5. The van der Waals surface area contributed by atoms with E-state index in [1.165, 1.54) is 30.8 Å². The largest absolute Gasteiger partial charge is 0.357 e. The number of guanidine groups is 1. The molecular formula is C19H32IN9S. The first-order valence-electron chi connectivity index (χ1n) is 10.8. The van der Waals surface area contributed by atoms with E-state index >= 15 is 0 Å². The van der Waals surface area contributed by atoms with Gasteiger partial charge in [-0.15, -0.1) is 34.2 Å². The Hall–Kier alpha value is -1.50.